The highest BCUT2D eigenvalue weighted by Gasteiger charge is 2.51. The van der Waals surface area contributed by atoms with Gasteiger partial charge in [-0.2, -0.15) is 13.2 Å². The molecular formula is C27H30F3N3O5. The van der Waals surface area contributed by atoms with E-state index in [-0.39, 0.29) is 18.7 Å². The number of carbonyl (C=O) groups excluding carboxylic acids is 3. The molecule has 3 rings (SSSR count). The molecule has 1 N–H and O–H groups in total. The van der Waals surface area contributed by atoms with Gasteiger partial charge in [-0.1, -0.05) is 60.7 Å². The van der Waals surface area contributed by atoms with Crippen LogP contribution in [0.5, 0.6) is 0 Å². The van der Waals surface area contributed by atoms with Gasteiger partial charge in [-0.3, -0.25) is 14.4 Å². The molecule has 3 amide bonds. The molecule has 0 spiro atoms. The molecule has 38 heavy (non-hydrogen) atoms. The van der Waals surface area contributed by atoms with E-state index in [1.54, 1.807) is 60.7 Å². The number of amides is 3. The molecule has 3 unspecified atom stereocenters. The maximum atomic E-state index is 14.0. The fourth-order valence-electron chi connectivity index (χ4n) is 4.41. The van der Waals surface area contributed by atoms with Crippen LogP contribution in [0, 0.1) is 0 Å². The zero-order chi connectivity index (χ0) is 28.0. The maximum Gasteiger partial charge on any atom is 0.416 e. The zero-order valence-electron chi connectivity index (χ0n) is 21.3. The van der Waals surface area contributed by atoms with Gasteiger partial charge in [0.1, 0.15) is 6.04 Å². The second kappa shape index (κ2) is 12.2. The van der Waals surface area contributed by atoms with Crippen molar-refractivity contribution in [3.63, 3.8) is 0 Å². The van der Waals surface area contributed by atoms with E-state index in [0.29, 0.717) is 16.1 Å². The standard InChI is InChI=1S/C27H30F3N3O5/c1-18(34)31-17-24(21-12-8-5-9-13-21)33(26(37)22(31)14-15-38-3)32(19(2)35)23(25(36)27(28,29)30)16-20-10-6-4-7-11-20/h4-13,17,22-23,25,36H,14-16H2,1-3H3. The number of aliphatic hydroxyl groups is 1. The first-order valence-electron chi connectivity index (χ1n) is 11.9. The highest BCUT2D eigenvalue weighted by Crippen LogP contribution is 2.35. The molecule has 2 aromatic carbocycles. The summed E-state index contributed by atoms with van der Waals surface area (Å²) in [6.07, 6.45) is -7.09. The first-order chi connectivity index (χ1) is 18.0. The van der Waals surface area contributed by atoms with Crippen LogP contribution in [0.3, 0.4) is 0 Å². The van der Waals surface area contributed by atoms with Crippen molar-refractivity contribution >= 4 is 23.4 Å². The van der Waals surface area contributed by atoms with Crippen molar-refractivity contribution in [2.45, 2.75) is 51.1 Å². The fourth-order valence-corrected chi connectivity index (χ4v) is 4.41. The fraction of sp³-hybridized carbons (Fsp3) is 0.370. The Kier molecular flexibility index (Phi) is 9.29. The molecular weight excluding hydrogens is 503 g/mol. The topological polar surface area (TPSA) is 90.4 Å². The predicted molar refractivity (Wildman–Crippen MR) is 133 cm³/mol. The molecule has 0 aromatic heterocycles. The quantitative estimate of drug-likeness (QED) is 0.534. The minimum absolute atomic E-state index is 0.0158. The molecule has 1 aliphatic heterocycles. The molecule has 0 saturated carbocycles. The Labute approximate surface area is 218 Å². The van der Waals surface area contributed by atoms with Crippen LogP contribution in [0.2, 0.25) is 0 Å². The highest BCUT2D eigenvalue weighted by molar-refractivity contribution is 5.98. The summed E-state index contributed by atoms with van der Waals surface area (Å²) in [6.45, 7) is 2.36. The van der Waals surface area contributed by atoms with Crippen LogP contribution in [0.25, 0.3) is 5.70 Å². The number of hydrazine groups is 1. The predicted octanol–water partition coefficient (Wildman–Crippen LogP) is 3.38. The highest BCUT2D eigenvalue weighted by atomic mass is 19.4. The number of nitrogens with zero attached hydrogens (tertiary/aromatic N) is 3. The second-order valence-corrected chi connectivity index (χ2v) is 8.86. The summed E-state index contributed by atoms with van der Waals surface area (Å²) in [7, 11) is 1.41. The molecule has 1 heterocycles. The van der Waals surface area contributed by atoms with Crippen LogP contribution >= 0.6 is 0 Å². The Balaban J connectivity index is 2.24. The van der Waals surface area contributed by atoms with Crippen LogP contribution in [0.1, 0.15) is 31.4 Å². The lowest BCUT2D eigenvalue weighted by molar-refractivity contribution is -0.232. The number of ether oxygens (including phenoxy) is 1. The summed E-state index contributed by atoms with van der Waals surface area (Å²) < 4.78 is 46.9. The molecule has 0 radical (unpaired) electrons. The molecule has 0 saturated heterocycles. The summed E-state index contributed by atoms with van der Waals surface area (Å²) in [5, 5.41) is 12.0. The normalized spacial score (nSPS) is 17.6. The van der Waals surface area contributed by atoms with E-state index >= 15 is 0 Å². The number of rotatable bonds is 9. The molecule has 1 aliphatic rings. The Morgan fingerprint density at radius 3 is 2.13 bits per heavy atom. The van der Waals surface area contributed by atoms with Crippen molar-refractivity contribution < 1.29 is 37.4 Å². The van der Waals surface area contributed by atoms with E-state index in [1.165, 1.54) is 25.1 Å². The Morgan fingerprint density at radius 1 is 1.05 bits per heavy atom. The smallest absolute Gasteiger partial charge is 0.385 e. The van der Waals surface area contributed by atoms with Crippen LogP contribution in [0.15, 0.2) is 66.9 Å². The number of methoxy groups -OCH3 is 1. The van der Waals surface area contributed by atoms with Crippen molar-refractivity contribution in [1.29, 1.82) is 0 Å². The summed E-state index contributed by atoms with van der Waals surface area (Å²) >= 11 is 0. The Morgan fingerprint density at radius 2 is 1.63 bits per heavy atom. The molecule has 3 atom stereocenters. The van der Waals surface area contributed by atoms with Crippen molar-refractivity contribution in [3.8, 4) is 0 Å². The van der Waals surface area contributed by atoms with Crippen molar-refractivity contribution in [1.82, 2.24) is 14.9 Å². The van der Waals surface area contributed by atoms with E-state index in [4.69, 9.17) is 4.74 Å². The Bertz CT molecular complexity index is 1160. The number of hydrogen-bond donors (Lipinski definition) is 1. The van der Waals surface area contributed by atoms with Crippen molar-refractivity contribution in [2.24, 2.45) is 0 Å². The lowest BCUT2D eigenvalue weighted by Gasteiger charge is -2.47. The third-order valence-electron chi connectivity index (χ3n) is 6.19. The van der Waals surface area contributed by atoms with Gasteiger partial charge < -0.3 is 14.7 Å². The van der Waals surface area contributed by atoms with E-state index < -0.39 is 48.5 Å². The lowest BCUT2D eigenvalue weighted by Crippen LogP contribution is -2.64. The average Bonchev–Trinajstić information content (AvgIpc) is 2.88. The van der Waals surface area contributed by atoms with Gasteiger partial charge in [-0.15, -0.1) is 0 Å². The minimum Gasteiger partial charge on any atom is -0.385 e. The summed E-state index contributed by atoms with van der Waals surface area (Å²) in [6, 6.07) is 13.2. The van der Waals surface area contributed by atoms with Crippen LogP contribution in [-0.4, -0.2) is 75.8 Å². The van der Waals surface area contributed by atoms with Crippen molar-refractivity contribution in [3.05, 3.63) is 78.0 Å². The molecule has 2 aromatic rings. The van der Waals surface area contributed by atoms with Gasteiger partial charge in [-0.25, -0.2) is 10.0 Å². The van der Waals surface area contributed by atoms with Gasteiger partial charge in [0.25, 0.3) is 5.91 Å². The molecule has 0 fully saturated rings. The monoisotopic (exact) mass is 533 g/mol. The third kappa shape index (κ3) is 6.40. The van der Waals surface area contributed by atoms with Crippen LogP contribution in [0.4, 0.5) is 13.2 Å². The van der Waals surface area contributed by atoms with E-state index in [0.717, 1.165) is 11.9 Å². The van der Waals surface area contributed by atoms with Crippen LogP contribution < -0.4 is 0 Å². The molecule has 0 bridgehead atoms. The van der Waals surface area contributed by atoms with E-state index in [2.05, 4.69) is 0 Å². The maximum absolute atomic E-state index is 14.0. The van der Waals surface area contributed by atoms with Gasteiger partial charge in [-0.05, 0) is 12.0 Å². The molecule has 204 valence electrons. The molecule has 0 aliphatic carbocycles. The average molecular weight is 534 g/mol. The summed E-state index contributed by atoms with van der Waals surface area (Å²) in [5.74, 6) is -2.18. The minimum atomic E-state index is -5.09. The summed E-state index contributed by atoms with van der Waals surface area (Å²) in [5.41, 5.74) is 0.814. The number of carbonyl (C=O) groups is 3. The number of alkyl halides is 3. The third-order valence-corrected chi connectivity index (χ3v) is 6.19. The molecule has 8 nitrogen and oxygen atoms in total. The first kappa shape index (κ1) is 28.9. The van der Waals surface area contributed by atoms with Gasteiger partial charge in [0, 0.05) is 45.7 Å². The van der Waals surface area contributed by atoms with E-state index in [1.807, 2.05) is 0 Å². The molecule has 11 heteroatoms. The lowest BCUT2D eigenvalue weighted by atomic mass is 9.99. The van der Waals surface area contributed by atoms with E-state index in [9.17, 15) is 32.7 Å². The Hall–Kier alpha value is -3.70. The van der Waals surface area contributed by atoms with Crippen LogP contribution in [-0.2, 0) is 25.5 Å². The number of aliphatic hydroxyl groups excluding tert-OH is 1. The second-order valence-electron chi connectivity index (χ2n) is 8.86. The summed E-state index contributed by atoms with van der Waals surface area (Å²) in [4.78, 5) is 40.8. The largest absolute Gasteiger partial charge is 0.416 e. The number of benzene rings is 2. The SMILES string of the molecule is COCCC1C(=O)N(N(C(C)=O)C(Cc2ccccc2)C(O)C(F)(F)F)C(c2ccccc2)=CN1C(C)=O. The van der Waals surface area contributed by atoms with Gasteiger partial charge >= 0.3 is 6.18 Å². The first-order valence-corrected chi connectivity index (χ1v) is 11.9. The van der Waals surface area contributed by atoms with Gasteiger partial charge in [0.15, 0.2) is 6.10 Å². The van der Waals surface area contributed by atoms with Crippen molar-refractivity contribution in [2.75, 3.05) is 13.7 Å². The van der Waals surface area contributed by atoms with Gasteiger partial charge in [0.2, 0.25) is 11.8 Å². The van der Waals surface area contributed by atoms with Gasteiger partial charge in [0.05, 0.1) is 11.7 Å². The zero-order valence-corrected chi connectivity index (χ0v) is 21.3. The number of hydrogen-bond acceptors (Lipinski definition) is 5. The number of halogens is 3.